The molecule has 3 unspecified atom stereocenters. The lowest BCUT2D eigenvalue weighted by Crippen LogP contribution is -2.29. The van der Waals surface area contributed by atoms with Crippen molar-refractivity contribution in [2.24, 2.45) is 5.92 Å². The van der Waals surface area contributed by atoms with E-state index in [9.17, 15) is 13.2 Å². The van der Waals surface area contributed by atoms with Crippen LogP contribution in [0.5, 0.6) is 0 Å². The third-order valence-electron chi connectivity index (χ3n) is 5.54. The van der Waals surface area contributed by atoms with Gasteiger partial charge >= 0.3 is 0 Å². The number of rotatable bonds is 6. The van der Waals surface area contributed by atoms with E-state index in [0.717, 1.165) is 12.7 Å². The summed E-state index contributed by atoms with van der Waals surface area (Å²) in [6.07, 6.45) is 1.96. The van der Waals surface area contributed by atoms with Gasteiger partial charge in [0, 0.05) is 5.92 Å². The molecular weight excluding hydrogens is 398 g/mol. The number of aryl methyl sites for hydroxylation is 1. The van der Waals surface area contributed by atoms with Crippen LogP contribution in [-0.2, 0) is 20.2 Å². The van der Waals surface area contributed by atoms with E-state index < -0.39 is 10.0 Å². The second-order valence-electron chi connectivity index (χ2n) is 9.29. The lowest BCUT2D eigenvalue weighted by molar-refractivity contribution is -0.123. The molecule has 2 N–H and O–H groups in total. The molecule has 0 bridgehead atoms. The predicted molar refractivity (Wildman–Crippen MR) is 120 cm³/mol. The van der Waals surface area contributed by atoms with Crippen molar-refractivity contribution in [3.8, 4) is 0 Å². The van der Waals surface area contributed by atoms with Crippen LogP contribution < -0.4 is 10.0 Å². The van der Waals surface area contributed by atoms with Crippen LogP contribution in [0.25, 0.3) is 0 Å². The summed E-state index contributed by atoms with van der Waals surface area (Å²) in [5, 5.41) is 3.05. The predicted octanol–water partition coefficient (Wildman–Crippen LogP) is 4.04. The molecule has 0 aliphatic heterocycles. The Balaban J connectivity index is 1.61. The standard InChI is InChI=1S/C23H31N3O3S/c1-14(20-11-12-21(15(2)24-20)26-30(6,28)29)25-22(27)19-13-18(19)16-7-9-17(10-8-16)23(3,4)5/h7-12,14,18-19,26H,13H2,1-6H3,(H,25,27). The second kappa shape index (κ2) is 8.02. The number of hydrogen-bond acceptors (Lipinski definition) is 4. The molecule has 1 aromatic heterocycles. The van der Waals surface area contributed by atoms with E-state index >= 15 is 0 Å². The van der Waals surface area contributed by atoms with Gasteiger partial charge in [-0.1, -0.05) is 45.0 Å². The van der Waals surface area contributed by atoms with Gasteiger partial charge in [0.15, 0.2) is 0 Å². The van der Waals surface area contributed by atoms with E-state index in [4.69, 9.17) is 0 Å². The molecular formula is C23H31N3O3S. The minimum absolute atomic E-state index is 0.0137. The molecule has 0 saturated heterocycles. The number of hydrogen-bond donors (Lipinski definition) is 2. The molecule has 1 aliphatic carbocycles. The summed E-state index contributed by atoms with van der Waals surface area (Å²) in [6.45, 7) is 10.2. The third-order valence-corrected chi connectivity index (χ3v) is 6.13. The highest BCUT2D eigenvalue weighted by atomic mass is 32.2. The largest absolute Gasteiger partial charge is 0.348 e. The van der Waals surface area contributed by atoms with Gasteiger partial charge in [-0.05, 0) is 54.9 Å². The Labute approximate surface area is 179 Å². The van der Waals surface area contributed by atoms with Crippen molar-refractivity contribution in [2.75, 3.05) is 11.0 Å². The number of amides is 1. The van der Waals surface area contributed by atoms with E-state index in [2.05, 4.69) is 60.1 Å². The Bertz CT molecular complexity index is 1040. The van der Waals surface area contributed by atoms with Gasteiger partial charge in [-0.15, -0.1) is 0 Å². The summed E-state index contributed by atoms with van der Waals surface area (Å²) in [5.74, 6) is 0.285. The van der Waals surface area contributed by atoms with Crippen molar-refractivity contribution in [3.63, 3.8) is 0 Å². The number of nitrogens with zero attached hydrogens (tertiary/aromatic N) is 1. The Morgan fingerprint density at radius 1 is 1.13 bits per heavy atom. The van der Waals surface area contributed by atoms with Crippen LogP contribution in [-0.4, -0.2) is 25.6 Å². The highest BCUT2D eigenvalue weighted by molar-refractivity contribution is 7.92. The van der Waals surface area contributed by atoms with Gasteiger partial charge in [-0.2, -0.15) is 0 Å². The number of pyridine rings is 1. The molecule has 3 atom stereocenters. The van der Waals surface area contributed by atoms with Crippen LogP contribution in [0.4, 0.5) is 5.69 Å². The van der Waals surface area contributed by atoms with Gasteiger partial charge in [0.2, 0.25) is 15.9 Å². The first kappa shape index (κ1) is 22.3. The molecule has 30 heavy (non-hydrogen) atoms. The maximum atomic E-state index is 12.7. The average molecular weight is 430 g/mol. The topological polar surface area (TPSA) is 88.2 Å². The molecule has 1 amide bonds. The average Bonchev–Trinajstić information content (AvgIpc) is 3.42. The summed E-state index contributed by atoms with van der Waals surface area (Å²) >= 11 is 0. The number of anilines is 1. The van der Waals surface area contributed by atoms with Crippen LogP contribution in [0.3, 0.4) is 0 Å². The highest BCUT2D eigenvalue weighted by Gasteiger charge is 2.44. The van der Waals surface area contributed by atoms with E-state index in [1.54, 1.807) is 19.1 Å². The Hall–Kier alpha value is -2.41. The zero-order valence-corrected chi connectivity index (χ0v) is 19.3. The lowest BCUT2D eigenvalue weighted by atomic mass is 9.86. The van der Waals surface area contributed by atoms with Crippen molar-refractivity contribution in [3.05, 3.63) is 58.9 Å². The molecule has 162 valence electrons. The molecule has 2 aromatic rings. The lowest BCUT2D eigenvalue weighted by Gasteiger charge is -2.19. The van der Waals surface area contributed by atoms with E-state index in [-0.39, 0.29) is 29.2 Å². The zero-order chi connectivity index (χ0) is 22.3. The summed E-state index contributed by atoms with van der Waals surface area (Å²) in [6, 6.07) is 11.8. The fourth-order valence-corrected chi connectivity index (χ4v) is 4.22. The minimum atomic E-state index is -3.36. The molecule has 3 rings (SSSR count). The maximum absolute atomic E-state index is 12.7. The van der Waals surface area contributed by atoms with Crippen LogP contribution in [0.1, 0.15) is 68.6 Å². The van der Waals surface area contributed by atoms with Crippen molar-refractivity contribution in [1.29, 1.82) is 0 Å². The molecule has 1 fully saturated rings. The maximum Gasteiger partial charge on any atom is 0.229 e. The number of nitrogens with one attached hydrogen (secondary N) is 2. The first-order chi connectivity index (χ1) is 13.8. The second-order valence-corrected chi connectivity index (χ2v) is 11.0. The Morgan fingerprint density at radius 3 is 2.30 bits per heavy atom. The van der Waals surface area contributed by atoms with E-state index in [1.807, 2.05) is 6.92 Å². The normalized spacial score (nSPS) is 19.8. The number of carbonyl (C=O) groups excluding carboxylic acids is 1. The Kier molecular flexibility index (Phi) is 5.96. The van der Waals surface area contributed by atoms with Crippen LogP contribution in [0.15, 0.2) is 36.4 Å². The van der Waals surface area contributed by atoms with Crippen LogP contribution in [0.2, 0.25) is 0 Å². The smallest absolute Gasteiger partial charge is 0.229 e. The molecule has 1 aromatic carbocycles. The van der Waals surface area contributed by atoms with Crippen LogP contribution in [0, 0.1) is 12.8 Å². The van der Waals surface area contributed by atoms with Gasteiger partial charge in [0.05, 0.1) is 29.4 Å². The van der Waals surface area contributed by atoms with Crippen LogP contribution >= 0.6 is 0 Å². The molecule has 1 saturated carbocycles. The molecule has 6 nitrogen and oxygen atoms in total. The van der Waals surface area contributed by atoms with Gasteiger partial charge in [-0.25, -0.2) is 8.42 Å². The summed E-state index contributed by atoms with van der Waals surface area (Å²) in [4.78, 5) is 17.2. The molecule has 0 radical (unpaired) electrons. The van der Waals surface area contributed by atoms with Crippen molar-refractivity contribution >= 4 is 21.6 Å². The van der Waals surface area contributed by atoms with Gasteiger partial charge in [-0.3, -0.25) is 14.5 Å². The van der Waals surface area contributed by atoms with Crippen molar-refractivity contribution in [2.45, 2.75) is 58.4 Å². The molecule has 1 aliphatic rings. The Morgan fingerprint density at radius 2 is 1.77 bits per heavy atom. The van der Waals surface area contributed by atoms with Crippen molar-refractivity contribution in [1.82, 2.24) is 10.3 Å². The fraction of sp³-hybridized carbons (Fsp3) is 0.478. The molecule has 0 spiro atoms. The SMILES string of the molecule is Cc1nc(C(C)NC(=O)C2CC2c2ccc(C(C)(C)C)cc2)ccc1NS(C)(=O)=O. The minimum Gasteiger partial charge on any atom is -0.348 e. The fourth-order valence-electron chi connectivity index (χ4n) is 3.61. The highest BCUT2D eigenvalue weighted by Crippen LogP contribution is 2.48. The first-order valence-corrected chi connectivity index (χ1v) is 12.1. The number of aromatic nitrogens is 1. The van der Waals surface area contributed by atoms with Gasteiger partial charge in [0.25, 0.3) is 0 Å². The summed E-state index contributed by atoms with van der Waals surface area (Å²) in [7, 11) is -3.36. The first-order valence-electron chi connectivity index (χ1n) is 10.2. The quantitative estimate of drug-likeness (QED) is 0.725. The van der Waals surface area contributed by atoms with Gasteiger partial charge < -0.3 is 5.32 Å². The van der Waals surface area contributed by atoms with Crippen molar-refractivity contribution < 1.29 is 13.2 Å². The monoisotopic (exact) mass is 429 g/mol. The zero-order valence-electron chi connectivity index (χ0n) is 18.5. The number of benzene rings is 1. The summed E-state index contributed by atoms with van der Waals surface area (Å²) < 4.78 is 25.3. The van der Waals surface area contributed by atoms with Gasteiger partial charge in [0.1, 0.15) is 0 Å². The number of carbonyl (C=O) groups is 1. The third kappa shape index (κ3) is 5.39. The molecule has 7 heteroatoms. The summed E-state index contributed by atoms with van der Waals surface area (Å²) in [5.41, 5.74) is 4.33. The molecule has 1 heterocycles. The number of sulfonamides is 1. The van der Waals surface area contributed by atoms with E-state index in [1.165, 1.54) is 11.1 Å². The van der Waals surface area contributed by atoms with E-state index in [0.29, 0.717) is 17.1 Å².